The highest BCUT2D eigenvalue weighted by Crippen LogP contribution is 2.23. The van der Waals surface area contributed by atoms with Gasteiger partial charge in [-0.15, -0.1) is 0 Å². The SMILES string of the molecule is CCN1CC(=O)N(Cc2ccc(Br)cc2Cl)CC1=O. The average molecular weight is 346 g/mol. The Labute approximate surface area is 125 Å². The minimum atomic E-state index is -0.0413. The largest absolute Gasteiger partial charge is 0.332 e. The molecule has 2 amide bonds. The minimum Gasteiger partial charge on any atom is -0.332 e. The molecule has 1 saturated heterocycles. The molecule has 2 rings (SSSR count). The summed E-state index contributed by atoms with van der Waals surface area (Å²) in [6, 6.07) is 5.51. The van der Waals surface area contributed by atoms with Crippen molar-refractivity contribution in [1.29, 1.82) is 0 Å². The van der Waals surface area contributed by atoms with E-state index in [2.05, 4.69) is 15.9 Å². The zero-order valence-corrected chi connectivity index (χ0v) is 12.9. The lowest BCUT2D eigenvalue weighted by atomic mass is 10.2. The molecule has 0 N–H and O–H groups in total. The number of amides is 2. The smallest absolute Gasteiger partial charge is 0.242 e. The van der Waals surface area contributed by atoms with Gasteiger partial charge in [0.25, 0.3) is 0 Å². The summed E-state index contributed by atoms with van der Waals surface area (Å²) in [5.41, 5.74) is 0.843. The van der Waals surface area contributed by atoms with E-state index in [-0.39, 0.29) is 24.9 Å². The number of hydrogen-bond acceptors (Lipinski definition) is 2. The van der Waals surface area contributed by atoms with E-state index in [0.29, 0.717) is 18.1 Å². The zero-order valence-electron chi connectivity index (χ0n) is 10.5. The van der Waals surface area contributed by atoms with Gasteiger partial charge in [0.05, 0.1) is 6.54 Å². The number of likely N-dealkylation sites (N-methyl/N-ethyl adjacent to an activating group) is 1. The number of halogens is 2. The Morgan fingerprint density at radius 3 is 2.47 bits per heavy atom. The van der Waals surface area contributed by atoms with E-state index in [1.165, 1.54) is 0 Å². The van der Waals surface area contributed by atoms with Crippen molar-refractivity contribution in [3.8, 4) is 0 Å². The van der Waals surface area contributed by atoms with Crippen LogP contribution >= 0.6 is 27.5 Å². The standard InChI is InChI=1S/C13H14BrClN2O2/c1-2-16-7-13(19)17(8-12(16)18)6-9-3-4-10(14)5-11(9)15/h3-5H,2,6-8H2,1H3. The van der Waals surface area contributed by atoms with Gasteiger partial charge in [-0.2, -0.15) is 0 Å². The molecule has 1 heterocycles. The van der Waals surface area contributed by atoms with Gasteiger partial charge in [-0.05, 0) is 24.6 Å². The molecule has 0 unspecified atom stereocenters. The minimum absolute atomic E-state index is 0.0182. The number of piperazine rings is 1. The molecule has 1 fully saturated rings. The van der Waals surface area contributed by atoms with E-state index < -0.39 is 0 Å². The van der Waals surface area contributed by atoms with Crippen LogP contribution in [0.25, 0.3) is 0 Å². The predicted molar refractivity (Wildman–Crippen MR) is 76.8 cm³/mol. The summed E-state index contributed by atoms with van der Waals surface area (Å²) >= 11 is 9.46. The monoisotopic (exact) mass is 344 g/mol. The van der Waals surface area contributed by atoms with Gasteiger partial charge in [0, 0.05) is 22.6 Å². The van der Waals surface area contributed by atoms with E-state index in [1.54, 1.807) is 15.9 Å². The van der Waals surface area contributed by atoms with Crippen LogP contribution in [0.5, 0.6) is 0 Å². The van der Waals surface area contributed by atoms with E-state index in [1.807, 2.05) is 19.1 Å². The van der Waals surface area contributed by atoms with Crippen molar-refractivity contribution in [1.82, 2.24) is 9.80 Å². The molecule has 0 bridgehead atoms. The lowest BCUT2D eigenvalue weighted by Gasteiger charge is -2.33. The van der Waals surface area contributed by atoms with E-state index in [9.17, 15) is 9.59 Å². The highest BCUT2D eigenvalue weighted by Gasteiger charge is 2.28. The zero-order chi connectivity index (χ0) is 14.0. The lowest BCUT2D eigenvalue weighted by molar-refractivity contribution is -0.150. The molecule has 19 heavy (non-hydrogen) atoms. The normalized spacial score (nSPS) is 16.2. The quantitative estimate of drug-likeness (QED) is 0.843. The first-order valence-electron chi connectivity index (χ1n) is 6.00. The summed E-state index contributed by atoms with van der Waals surface area (Å²) in [7, 11) is 0. The van der Waals surface area contributed by atoms with Gasteiger partial charge in [-0.1, -0.05) is 33.6 Å². The Kier molecular flexibility index (Phi) is 4.47. The topological polar surface area (TPSA) is 40.6 Å². The first-order chi connectivity index (χ1) is 9.01. The van der Waals surface area contributed by atoms with Gasteiger partial charge in [0.2, 0.25) is 11.8 Å². The molecule has 0 aromatic heterocycles. The second kappa shape index (κ2) is 5.92. The summed E-state index contributed by atoms with van der Waals surface area (Å²) in [5, 5.41) is 0.590. The van der Waals surface area contributed by atoms with Crippen molar-refractivity contribution in [2.75, 3.05) is 19.6 Å². The fraction of sp³-hybridized carbons (Fsp3) is 0.385. The molecule has 6 heteroatoms. The van der Waals surface area contributed by atoms with Crippen molar-refractivity contribution in [2.45, 2.75) is 13.5 Å². The Morgan fingerprint density at radius 1 is 1.21 bits per heavy atom. The van der Waals surface area contributed by atoms with E-state index in [4.69, 9.17) is 11.6 Å². The van der Waals surface area contributed by atoms with Crippen LogP contribution in [0.2, 0.25) is 5.02 Å². The molecule has 0 atom stereocenters. The first-order valence-corrected chi connectivity index (χ1v) is 7.18. The summed E-state index contributed by atoms with van der Waals surface area (Å²) < 4.78 is 0.888. The molecule has 1 aliphatic rings. The highest BCUT2D eigenvalue weighted by molar-refractivity contribution is 9.10. The maximum Gasteiger partial charge on any atom is 0.242 e. The molecule has 0 aliphatic carbocycles. The predicted octanol–water partition coefficient (Wildman–Crippen LogP) is 2.29. The van der Waals surface area contributed by atoms with E-state index in [0.717, 1.165) is 10.0 Å². The third-order valence-electron chi connectivity index (χ3n) is 3.12. The lowest BCUT2D eigenvalue weighted by Crippen LogP contribution is -2.53. The third-order valence-corrected chi connectivity index (χ3v) is 3.96. The van der Waals surface area contributed by atoms with Gasteiger partial charge in [-0.3, -0.25) is 9.59 Å². The van der Waals surface area contributed by atoms with Crippen LogP contribution in [0.1, 0.15) is 12.5 Å². The number of benzene rings is 1. The van der Waals surface area contributed by atoms with E-state index >= 15 is 0 Å². The highest BCUT2D eigenvalue weighted by atomic mass is 79.9. The molecule has 1 aromatic rings. The molecule has 1 aliphatic heterocycles. The molecular formula is C13H14BrClN2O2. The second-order valence-electron chi connectivity index (χ2n) is 4.39. The Bertz CT molecular complexity index is 521. The van der Waals surface area contributed by atoms with Crippen molar-refractivity contribution >= 4 is 39.3 Å². The van der Waals surface area contributed by atoms with Gasteiger partial charge in [-0.25, -0.2) is 0 Å². The summed E-state index contributed by atoms with van der Waals surface area (Å²) in [6.07, 6.45) is 0. The molecule has 4 nitrogen and oxygen atoms in total. The molecule has 0 radical (unpaired) electrons. The Hall–Kier alpha value is -1.07. The number of carbonyl (C=O) groups excluding carboxylic acids is 2. The van der Waals surface area contributed by atoms with Gasteiger partial charge in [0.15, 0.2) is 0 Å². The fourth-order valence-corrected chi connectivity index (χ4v) is 2.72. The Balaban J connectivity index is 2.11. The summed E-state index contributed by atoms with van der Waals surface area (Å²) in [5.74, 6) is -0.0595. The number of hydrogen-bond donors (Lipinski definition) is 0. The van der Waals surface area contributed by atoms with Crippen molar-refractivity contribution in [3.05, 3.63) is 33.3 Å². The molecule has 0 saturated carbocycles. The maximum absolute atomic E-state index is 12.0. The second-order valence-corrected chi connectivity index (χ2v) is 5.72. The van der Waals surface area contributed by atoms with Crippen LogP contribution in [0.4, 0.5) is 0 Å². The van der Waals surface area contributed by atoms with Crippen molar-refractivity contribution in [3.63, 3.8) is 0 Å². The molecule has 102 valence electrons. The van der Waals surface area contributed by atoms with Gasteiger partial charge >= 0.3 is 0 Å². The van der Waals surface area contributed by atoms with Gasteiger partial charge in [0.1, 0.15) is 6.54 Å². The van der Waals surface area contributed by atoms with Crippen molar-refractivity contribution < 1.29 is 9.59 Å². The van der Waals surface area contributed by atoms with Crippen LogP contribution in [0, 0.1) is 0 Å². The molecule has 0 spiro atoms. The van der Waals surface area contributed by atoms with Crippen LogP contribution in [-0.2, 0) is 16.1 Å². The maximum atomic E-state index is 12.0. The van der Waals surface area contributed by atoms with Gasteiger partial charge < -0.3 is 9.80 Å². The fourth-order valence-electron chi connectivity index (χ4n) is 1.99. The van der Waals surface area contributed by atoms with Crippen LogP contribution < -0.4 is 0 Å². The Morgan fingerprint density at radius 2 is 1.84 bits per heavy atom. The first kappa shape index (κ1) is 14.3. The summed E-state index contributed by atoms with van der Waals surface area (Å²) in [6.45, 7) is 3.08. The molecule has 1 aromatic carbocycles. The number of carbonyl (C=O) groups is 2. The van der Waals surface area contributed by atoms with Crippen molar-refractivity contribution in [2.24, 2.45) is 0 Å². The number of rotatable bonds is 3. The van der Waals surface area contributed by atoms with Crippen LogP contribution in [0.15, 0.2) is 22.7 Å². The molecular weight excluding hydrogens is 332 g/mol. The van der Waals surface area contributed by atoms with Crippen LogP contribution in [-0.4, -0.2) is 41.2 Å². The third kappa shape index (κ3) is 3.28. The summed E-state index contributed by atoms with van der Waals surface area (Å²) in [4.78, 5) is 26.9. The average Bonchev–Trinajstić information content (AvgIpc) is 2.36. The van der Waals surface area contributed by atoms with Crippen LogP contribution in [0.3, 0.4) is 0 Å². The number of nitrogens with zero attached hydrogens (tertiary/aromatic N) is 2.